The van der Waals surface area contributed by atoms with E-state index >= 15 is 0 Å². The molecule has 3 heterocycles. The molecule has 0 amide bonds. The number of fused-ring (bicyclic) bond motifs is 5. The number of aliphatic hydroxyl groups is 1. The SMILES string of the molecule is Cc1ncn2c1Cn1nnc(C)c1-c1cc(CO)ccc1-2. The maximum absolute atomic E-state index is 9.42. The second-order valence-corrected chi connectivity index (χ2v) is 5.34. The lowest BCUT2D eigenvalue weighted by molar-refractivity contribution is 0.282. The molecule has 0 fully saturated rings. The van der Waals surface area contributed by atoms with Crippen LogP contribution in [0.5, 0.6) is 0 Å². The summed E-state index contributed by atoms with van der Waals surface area (Å²) < 4.78 is 4.00. The number of nitrogens with zero attached hydrogens (tertiary/aromatic N) is 5. The Balaban J connectivity index is 2.10. The molecule has 106 valence electrons. The van der Waals surface area contributed by atoms with Crippen molar-refractivity contribution in [2.45, 2.75) is 27.0 Å². The zero-order chi connectivity index (χ0) is 14.6. The summed E-state index contributed by atoms with van der Waals surface area (Å²) in [5.74, 6) is 0. The van der Waals surface area contributed by atoms with E-state index in [2.05, 4.69) is 19.9 Å². The number of aryl methyl sites for hydroxylation is 2. The zero-order valence-electron chi connectivity index (χ0n) is 11.9. The van der Waals surface area contributed by atoms with Gasteiger partial charge >= 0.3 is 0 Å². The van der Waals surface area contributed by atoms with Crippen LogP contribution in [0.15, 0.2) is 24.5 Å². The topological polar surface area (TPSA) is 68.8 Å². The summed E-state index contributed by atoms with van der Waals surface area (Å²) in [7, 11) is 0. The van der Waals surface area contributed by atoms with Crippen molar-refractivity contribution in [1.82, 2.24) is 24.5 Å². The Morgan fingerprint density at radius 3 is 2.90 bits per heavy atom. The highest BCUT2D eigenvalue weighted by Gasteiger charge is 2.24. The Morgan fingerprint density at radius 1 is 1.24 bits per heavy atom. The molecule has 0 bridgehead atoms. The van der Waals surface area contributed by atoms with E-state index < -0.39 is 0 Å². The van der Waals surface area contributed by atoms with Crippen molar-refractivity contribution in [2.24, 2.45) is 0 Å². The van der Waals surface area contributed by atoms with E-state index in [1.165, 1.54) is 0 Å². The fourth-order valence-corrected chi connectivity index (χ4v) is 2.93. The first-order chi connectivity index (χ1) is 10.2. The second kappa shape index (κ2) is 4.26. The Morgan fingerprint density at radius 2 is 2.10 bits per heavy atom. The summed E-state index contributed by atoms with van der Waals surface area (Å²) in [6.45, 7) is 4.62. The second-order valence-electron chi connectivity index (χ2n) is 5.34. The summed E-state index contributed by atoms with van der Waals surface area (Å²) in [4.78, 5) is 4.41. The first-order valence-corrected chi connectivity index (χ1v) is 6.86. The highest BCUT2D eigenvalue weighted by molar-refractivity contribution is 5.74. The maximum Gasteiger partial charge on any atom is 0.0998 e. The molecule has 0 aliphatic carbocycles. The molecule has 4 rings (SSSR count). The van der Waals surface area contributed by atoms with Gasteiger partial charge in [-0.3, -0.25) is 0 Å². The molecular formula is C15H15N5O. The molecule has 1 aliphatic heterocycles. The predicted octanol–water partition coefficient (Wildman–Crippen LogP) is 1.60. The van der Waals surface area contributed by atoms with Gasteiger partial charge in [-0.25, -0.2) is 9.67 Å². The Bertz CT molecular complexity index is 846. The van der Waals surface area contributed by atoms with Crippen LogP contribution >= 0.6 is 0 Å². The molecule has 21 heavy (non-hydrogen) atoms. The molecule has 1 N–H and O–H groups in total. The van der Waals surface area contributed by atoms with E-state index in [1.807, 2.05) is 43.1 Å². The van der Waals surface area contributed by atoms with Crippen molar-refractivity contribution >= 4 is 0 Å². The van der Waals surface area contributed by atoms with E-state index in [0.29, 0.717) is 6.54 Å². The minimum absolute atomic E-state index is 0.0176. The van der Waals surface area contributed by atoms with Crippen LogP contribution in [0, 0.1) is 13.8 Å². The van der Waals surface area contributed by atoms with E-state index in [-0.39, 0.29) is 6.61 Å². The van der Waals surface area contributed by atoms with Crippen LogP contribution in [0.2, 0.25) is 0 Å². The molecule has 1 aromatic carbocycles. The van der Waals surface area contributed by atoms with Gasteiger partial charge in [0.1, 0.15) is 0 Å². The fraction of sp³-hybridized carbons (Fsp3) is 0.267. The van der Waals surface area contributed by atoms with E-state index in [9.17, 15) is 5.11 Å². The van der Waals surface area contributed by atoms with Gasteiger partial charge in [-0.2, -0.15) is 0 Å². The Kier molecular flexibility index (Phi) is 2.49. The van der Waals surface area contributed by atoms with Crippen molar-refractivity contribution in [3.63, 3.8) is 0 Å². The van der Waals surface area contributed by atoms with Crippen LogP contribution < -0.4 is 0 Å². The third kappa shape index (κ3) is 1.66. The normalized spacial score (nSPS) is 12.5. The van der Waals surface area contributed by atoms with Gasteiger partial charge in [0.25, 0.3) is 0 Å². The Labute approximate surface area is 121 Å². The lowest BCUT2D eigenvalue weighted by atomic mass is 10.0. The molecule has 6 nitrogen and oxygen atoms in total. The molecule has 0 atom stereocenters. The number of rotatable bonds is 1. The van der Waals surface area contributed by atoms with E-state index in [0.717, 1.165) is 39.6 Å². The highest BCUT2D eigenvalue weighted by atomic mass is 16.3. The largest absolute Gasteiger partial charge is 0.392 e. The minimum atomic E-state index is 0.0176. The average molecular weight is 281 g/mol. The standard InChI is InChI=1S/C15H15N5O/c1-9-14-6-20-15(10(2)17-18-20)12-5-11(7-21)3-4-13(12)19(14)8-16-9/h3-5,8,21H,6-7H2,1-2H3. The molecular weight excluding hydrogens is 266 g/mol. The number of benzene rings is 1. The summed E-state index contributed by atoms with van der Waals surface area (Å²) in [6.07, 6.45) is 1.84. The predicted molar refractivity (Wildman–Crippen MR) is 77.1 cm³/mol. The molecule has 0 saturated carbocycles. The highest BCUT2D eigenvalue weighted by Crippen LogP contribution is 2.34. The first kappa shape index (κ1) is 12.3. The molecule has 0 unspecified atom stereocenters. The van der Waals surface area contributed by atoms with Gasteiger partial charge in [0, 0.05) is 5.56 Å². The van der Waals surface area contributed by atoms with Gasteiger partial charge in [0.05, 0.1) is 47.9 Å². The van der Waals surface area contributed by atoms with Gasteiger partial charge in [-0.1, -0.05) is 11.3 Å². The van der Waals surface area contributed by atoms with Crippen molar-refractivity contribution in [3.05, 3.63) is 47.2 Å². The van der Waals surface area contributed by atoms with Gasteiger partial charge in [-0.15, -0.1) is 5.10 Å². The monoisotopic (exact) mass is 281 g/mol. The lowest BCUT2D eigenvalue weighted by Crippen LogP contribution is -2.05. The van der Waals surface area contributed by atoms with Gasteiger partial charge < -0.3 is 9.67 Å². The van der Waals surface area contributed by atoms with Crippen LogP contribution in [0.1, 0.15) is 22.6 Å². The maximum atomic E-state index is 9.42. The van der Waals surface area contributed by atoms with Crippen LogP contribution in [0.3, 0.4) is 0 Å². The third-order valence-corrected chi connectivity index (χ3v) is 4.04. The van der Waals surface area contributed by atoms with Crippen LogP contribution in [0.4, 0.5) is 0 Å². The third-order valence-electron chi connectivity index (χ3n) is 4.04. The molecule has 0 spiro atoms. The van der Waals surface area contributed by atoms with Crippen molar-refractivity contribution in [3.8, 4) is 16.9 Å². The van der Waals surface area contributed by atoms with Crippen molar-refractivity contribution in [2.75, 3.05) is 0 Å². The van der Waals surface area contributed by atoms with Crippen molar-refractivity contribution < 1.29 is 5.11 Å². The summed E-state index contributed by atoms with van der Waals surface area (Å²) in [5.41, 5.74) is 6.95. The quantitative estimate of drug-likeness (QED) is 0.575. The first-order valence-electron chi connectivity index (χ1n) is 6.86. The molecule has 0 saturated heterocycles. The lowest BCUT2D eigenvalue weighted by Gasteiger charge is -2.10. The number of hydrogen-bond acceptors (Lipinski definition) is 4. The van der Waals surface area contributed by atoms with Gasteiger partial charge in [0.15, 0.2) is 0 Å². The average Bonchev–Trinajstić information content (AvgIpc) is 2.99. The number of imidazole rings is 1. The van der Waals surface area contributed by atoms with Gasteiger partial charge in [0.2, 0.25) is 0 Å². The molecule has 3 aromatic rings. The van der Waals surface area contributed by atoms with Crippen LogP contribution in [-0.2, 0) is 13.2 Å². The smallest absolute Gasteiger partial charge is 0.0998 e. The number of aliphatic hydroxyl groups excluding tert-OH is 1. The molecule has 6 heteroatoms. The Hall–Kier alpha value is -2.47. The fourth-order valence-electron chi connectivity index (χ4n) is 2.93. The summed E-state index contributed by atoms with van der Waals surface area (Å²) >= 11 is 0. The molecule has 2 aromatic heterocycles. The summed E-state index contributed by atoms with van der Waals surface area (Å²) in [5, 5.41) is 17.9. The van der Waals surface area contributed by atoms with Crippen molar-refractivity contribution in [1.29, 1.82) is 0 Å². The number of aromatic nitrogens is 5. The van der Waals surface area contributed by atoms with Crippen LogP contribution in [-0.4, -0.2) is 29.7 Å². The molecule has 1 aliphatic rings. The van der Waals surface area contributed by atoms with Crippen LogP contribution in [0.25, 0.3) is 16.9 Å². The van der Waals surface area contributed by atoms with E-state index in [1.54, 1.807) is 0 Å². The van der Waals surface area contributed by atoms with Gasteiger partial charge in [-0.05, 0) is 31.5 Å². The van der Waals surface area contributed by atoms with E-state index in [4.69, 9.17) is 0 Å². The molecule has 0 radical (unpaired) electrons. The summed E-state index contributed by atoms with van der Waals surface area (Å²) in [6, 6.07) is 5.96. The zero-order valence-corrected chi connectivity index (χ0v) is 11.9. The number of hydrogen-bond donors (Lipinski definition) is 1. The minimum Gasteiger partial charge on any atom is -0.392 e.